The van der Waals surface area contributed by atoms with E-state index in [1.165, 1.54) is 30.8 Å². The number of likely N-dealkylation sites (tertiary alicyclic amines) is 1. The Kier molecular flexibility index (Phi) is 4.53. The Morgan fingerprint density at radius 1 is 1.38 bits per heavy atom. The molecular formula is C17H16N4O4S. The lowest BCUT2D eigenvalue weighted by molar-refractivity contribution is 0.0760. The summed E-state index contributed by atoms with van der Waals surface area (Å²) in [6, 6.07) is 5.53. The van der Waals surface area contributed by atoms with Crippen LogP contribution in [0, 0.1) is 0 Å². The molecule has 0 bridgehead atoms. The molecule has 9 heteroatoms. The summed E-state index contributed by atoms with van der Waals surface area (Å²) in [5, 5.41) is 5.86. The molecule has 1 aliphatic rings. The number of hydrogen-bond donors (Lipinski definition) is 0. The maximum Gasteiger partial charge on any atom is 0.276 e. The van der Waals surface area contributed by atoms with Crippen LogP contribution >= 0.6 is 11.3 Å². The number of rotatable bonds is 5. The Balaban J connectivity index is 1.39. The number of carbonyl (C=O) groups is 1. The van der Waals surface area contributed by atoms with Crippen LogP contribution in [0.15, 0.2) is 40.5 Å². The van der Waals surface area contributed by atoms with Crippen LogP contribution in [-0.4, -0.2) is 52.2 Å². The van der Waals surface area contributed by atoms with Gasteiger partial charge in [-0.05, 0) is 11.4 Å². The highest BCUT2D eigenvalue weighted by Crippen LogP contribution is 2.26. The van der Waals surface area contributed by atoms with Crippen molar-refractivity contribution in [2.24, 2.45) is 0 Å². The van der Waals surface area contributed by atoms with Gasteiger partial charge in [0.05, 0.1) is 30.9 Å². The third-order valence-electron chi connectivity index (χ3n) is 4.01. The van der Waals surface area contributed by atoms with Gasteiger partial charge in [0, 0.05) is 19.0 Å². The average molecular weight is 372 g/mol. The van der Waals surface area contributed by atoms with E-state index in [2.05, 4.69) is 15.1 Å². The molecule has 1 fully saturated rings. The number of carbonyl (C=O) groups excluding carboxylic acids is 1. The molecule has 3 aromatic rings. The Labute approximate surface area is 153 Å². The van der Waals surface area contributed by atoms with Gasteiger partial charge in [-0.2, -0.15) is 4.98 Å². The van der Waals surface area contributed by atoms with Crippen molar-refractivity contribution in [1.29, 1.82) is 0 Å². The second kappa shape index (κ2) is 7.12. The summed E-state index contributed by atoms with van der Waals surface area (Å²) in [4.78, 5) is 23.5. The van der Waals surface area contributed by atoms with Gasteiger partial charge in [0.1, 0.15) is 6.10 Å². The molecule has 1 atom stereocenters. The second-order valence-corrected chi connectivity index (χ2v) is 6.68. The highest BCUT2D eigenvalue weighted by molar-refractivity contribution is 7.13. The minimum Gasteiger partial charge on any atom is -0.480 e. The highest BCUT2D eigenvalue weighted by Gasteiger charge is 2.30. The van der Waals surface area contributed by atoms with E-state index < -0.39 is 0 Å². The van der Waals surface area contributed by atoms with Gasteiger partial charge in [-0.15, -0.1) is 11.3 Å². The van der Waals surface area contributed by atoms with E-state index in [4.69, 9.17) is 14.0 Å². The zero-order valence-corrected chi connectivity index (χ0v) is 14.8. The first-order chi connectivity index (χ1) is 12.7. The molecule has 0 spiro atoms. The van der Waals surface area contributed by atoms with Gasteiger partial charge in [0.2, 0.25) is 11.8 Å². The summed E-state index contributed by atoms with van der Waals surface area (Å²) in [5.41, 5.74) is 0.301. The molecule has 0 radical (unpaired) electrons. The van der Waals surface area contributed by atoms with Crippen molar-refractivity contribution in [3.63, 3.8) is 0 Å². The molecule has 4 heterocycles. The van der Waals surface area contributed by atoms with Crippen molar-refractivity contribution in [3.8, 4) is 22.4 Å². The number of nitrogens with zero attached hydrogens (tertiary/aromatic N) is 4. The number of amides is 1. The van der Waals surface area contributed by atoms with Crippen molar-refractivity contribution >= 4 is 17.2 Å². The molecule has 1 saturated heterocycles. The SMILES string of the molecule is COc1cncc(OC2CCN(C(=O)c3cc(-c4cccs4)on3)C2)n1. The predicted molar refractivity (Wildman–Crippen MR) is 93.3 cm³/mol. The Bertz CT molecular complexity index is 896. The first-order valence-electron chi connectivity index (χ1n) is 8.05. The van der Waals surface area contributed by atoms with Gasteiger partial charge in [0.25, 0.3) is 5.91 Å². The summed E-state index contributed by atoms with van der Waals surface area (Å²) < 4.78 is 16.1. The largest absolute Gasteiger partial charge is 0.480 e. The van der Waals surface area contributed by atoms with Gasteiger partial charge in [-0.25, -0.2) is 0 Å². The Morgan fingerprint density at radius 2 is 2.27 bits per heavy atom. The predicted octanol–water partition coefficient (Wildman–Crippen LogP) is 2.50. The fourth-order valence-corrected chi connectivity index (χ4v) is 3.41. The van der Waals surface area contributed by atoms with Crippen LogP contribution in [-0.2, 0) is 0 Å². The molecule has 4 rings (SSSR count). The molecule has 1 aliphatic heterocycles. The molecule has 0 saturated carbocycles. The molecule has 1 amide bonds. The molecule has 134 valence electrons. The molecule has 3 aromatic heterocycles. The van der Waals surface area contributed by atoms with Crippen LogP contribution in [0.5, 0.6) is 11.8 Å². The van der Waals surface area contributed by atoms with Crippen LogP contribution in [0.1, 0.15) is 16.9 Å². The van der Waals surface area contributed by atoms with Crippen LogP contribution in [0.2, 0.25) is 0 Å². The zero-order valence-electron chi connectivity index (χ0n) is 14.0. The molecule has 0 aliphatic carbocycles. The Hall–Kier alpha value is -2.94. The monoisotopic (exact) mass is 372 g/mol. The van der Waals surface area contributed by atoms with Crippen molar-refractivity contribution in [1.82, 2.24) is 20.0 Å². The van der Waals surface area contributed by atoms with Gasteiger partial charge >= 0.3 is 0 Å². The van der Waals surface area contributed by atoms with Crippen molar-refractivity contribution < 1.29 is 18.8 Å². The van der Waals surface area contributed by atoms with Gasteiger partial charge in [-0.3, -0.25) is 9.78 Å². The molecule has 8 nitrogen and oxygen atoms in total. The zero-order chi connectivity index (χ0) is 17.9. The van der Waals surface area contributed by atoms with E-state index in [1.807, 2.05) is 17.5 Å². The van der Waals surface area contributed by atoms with Crippen LogP contribution in [0.3, 0.4) is 0 Å². The lowest BCUT2D eigenvalue weighted by atomic mass is 10.3. The summed E-state index contributed by atoms with van der Waals surface area (Å²) in [6.45, 7) is 1.04. The quantitative estimate of drug-likeness (QED) is 0.679. The summed E-state index contributed by atoms with van der Waals surface area (Å²) in [7, 11) is 1.52. The lowest BCUT2D eigenvalue weighted by Crippen LogP contribution is -2.31. The first kappa shape index (κ1) is 16.5. The summed E-state index contributed by atoms with van der Waals surface area (Å²) in [5.74, 6) is 1.20. The fraction of sp³-hybridized carbons (Fsp3) is 0.294. The topological polar surface area (TPSA) is 90.6 Å². The van der Waals surface area contributed by atoms with E-state index in [-0.39, 0.29) is 12.0 Å². The first-order valence-corrected chi connectivity index (χ1v) is 8.93. The minimum absolute atomic E-state index is 0.149. The number of hydrogen-bond acceptors (Lipinski definition) is 8. The number of thiophene rings is 1. The van der Waals surface area contributed by atoms with E-state index in [9.17, 15) is 4.79 Å². The van der Waals surface area contributed by atoms with Crippen molar-refractivity contribution in [2.75, 3.05) is 20.2 Å². The molecule has 1 unspecified atom stereocenters. The Morgan fingerprint density at radius 3 is 3.08 bits per heavy atom. The maximum atomic E-state index is 12.6. The van der Waals surface area contributed by atoms with Gasteiger partial charge in [-0.1, -0.05) is 11.2 Å². The third kappa shape index (κ3) is 3.38. The molecular weight excluding hydrogens is 356 g/mol. The standard InChI is InChI=1S/C17H16N4O4S/c1-23-15-8-18-9-16(19-15)24-11-4-5-21(10-11)17(22)12-7-13(25-20-12)14-3-2-6-26-14/h2-3,6-9,11H,4-5,10H2,1H3. The second-order valence-electron chi connectivity index (χ2n) is 5.73. The smallest absolute Gasteiger partial charge is 0.276 e. The number of aromatic nitrogens is 3. The normalized spacial score (nSPS) is 16.7. The summed E-state index contributed by atoms with van der Waals surface area (Å²) >= 11 is 1.54. The van der Waals surface area contributed by atoms with Crippen molar-refractivity contribution in [3.05, 3.63) is 41.7 Å². The molecule has 0 aromatic carbocycles. The van der Waals surface area contributed by atoms with Gasteiger partial charge < -0.3 is 18.9 Å². The molecule has 0 N–H and O–H groups in total. The van der Waals surface area contributed by atoms with Gasteiger partial charge in [0.15, 0.2) is 11.5 Å². The fourth-order valence-electron chi connectivity index (χ4n) is 2.74. The highest BCUT2D eigenvalue weighted by atomic mass is 32.1. The van der Waals surface area contributed by atoms with Crippen LogP contribution < -0.4 is 9.47 Å². The average Bonchev–Trinajstić information content (AvgIpc) is 3.41. The van der Waals surface area contributed by atoms with E-state index in [0.29, 0.717) is 42.7 Å². The van der Waals surface area contributed by atoms with E-state index in [0.717, 1.165) is 4.88 Å². The third-order valence-corrected chi connectivity index (χ3v) is 4.90. The number of ether oxygens (including phenoxy) is 2. The van der Waals surface area contributed by atoms with E-state index in [1.54, 1.807) is 11.0 Å². The minimum atomic E-state index is -0.167. The number of methoxy groups -OCH3 is 1. The van der Waals surface area contributed by atoms with Crippen LogP contribution in [0.4, 0.5) is 0 Å². The maximum absolute atomic E-state index is 12.6. The lowest BCUT2D eigenvalue weighted by Gasteiger charge is -2.15. The molecule has 26 heavy (non-hydrogen) atoms. The van der Waals surface area contributed by atoms with Crippen LogP contribution in [0.25, 0.3) is 10.6 Å². The summed E-state index contributed by atoms with van der Waals surface area (Å²) in [6.07, 6.45) is 3.59. The van der Waals surface area contributed by atoms with E-state index >= 15 is 0 Å². The van der Waals surface area contributed by atoms with Crippen molar-refractivity contribution in [2.45, 2.75) is 12.5 Å².